The standard InChI is InChI=1S/C11H19NO4/c1-10(2,16-4)8(13)12-7-5-6-11(12,3)9(14)15/h5-7H2,1-4H3,(H,14,15). The van der Waals surface area contributed by atoms with Crippen LogP contribution in [0.4, 0.5) is 0 Å². The van der Waals surface area contributed by atoms with Crippen LogP contribution in [-0.2, 0) is 14.3 Å². The number of hydrogen-bond acceptors (Lipinski definition) is 3. The lowest BCUT2D eigenvalue weighted by atomic mass is 9.97. The highest BCUT2D eigenvalue weighted by Crippen LogP contribution is 2.31. The van der Waals surface area contributed by atoms with Crippen LogP contribution >= 0.6 is 0 Å². The van der Waals surface area contributed by atoms with E-state index in [9.17, 15) is 14.7 Å². The molecule has 1 fully saturated rings. The molecule has 0 aliphatic carbocycles. The summed E-state index contributed by atoms with van der Waals surface area (Å²) in [5, 5.41) is 9.20. The van der Waals surface area contributed by atoms with Crippen molar-refractivity contribution >= 4 is 11.9 Å². The summed E-state index contributed by atoms with van der Waals surface area (Å²) in [4.78, 5) is 24.8. The van der Waals surface area contributed by atoms with Crippen LogP contribution < -0.4 is 0 Å². The van der Waals surface area contributed by atoms with Crippen molar-refractivity contribution in [1.82, 2.24) is 4.90 Å². The van der Waals surface area contributed by atoms with Crippen LogP contribution in [0.15, 0.2) is 0 Å². The first-order valence-electron chi connectivity index (χ1n) is 5.36. The van der Waals surface area contributed by atoms with Gasteiger partial charge in [0.05, 0.1) is 0 Å². The molecule has 0 aromatic rings. The predicted molar refractivity (Wildman–Crippen MR) is 58.1 cm³/mol. The molecule has 1 N–H and O–H groups in total. The smallest absolute Gasteiger partial charge is 0.329 e. The third-order valence-corrected chi connectivity index (χ3v) is 3.37. The van der Waals surface area contributed by atoms with Gasteiger partial charge in [0.25, 0.3) is 5.91 Å². The van der Waals surface area contributed by atoms with E-state index in [1.807, 2.05) is 0 Å². The van der Waals surface area contributed by atoms with E-state index in [0.29, 0.717) is 19.4 Å². The van der Waals surface area contributed by atoms with Crippen molar-refractivity contribution in [2.75, 3.05) is 13.7 Å². The number of rotatable bonds is 3. The molecule has 5 nitrogen and oxygen atoms in total. The second kappa shape index (κ2) is 4.05. The topological polar surface area (TPSA) is 66.8 Å². The molecule has 0 spiro atoms. The number of nitrogens with zero attached hydrogens (tertiary/aromatic N) is 1. The first-order chi connectivity index (χ1) is 7.25. The van der Waals surface area contributed by atoms with Gasteiger partial charge in [0.2, 0.25) is 0 Å². The monoisotopic (exact) mass is 229 g/mol. The highest BCUT2D eigenvalue weighted by atomic mass is 16.5. The van der Waals surface area contributed by atoms with Gasteiger partial charge in [-0.3, -0.25) is 4.79 Å². The van der Waals surface area contributed by atoms with Crippen molar-refractivity contribution in [1.29, 1.82) is 0 Å². The van der Waals surface area contributed by atoms with Crippen LogP contribution in [0.2, 0.25) is 0 Å². The number of likely N-dealkylation sites (tertiary alicyclic amines) is 1. The van der Waals surface area contributed by atoms with Crippen LogP contribution in [0.5, 0.6) is 0 Å². The van der Waals surface area contributed by atoms with E-state index < -0.39 is 17.1 Å². The number of carbonyl (C=O) groups excluding carboxylic acids is 1. The summed E-state index contributed by atoms with van der Waals surface area (Å²) in [5.74, 6) is -1.22. The summed E-state index contributed by atoms with van der Waals surface area (Å²) in [7, 11) is 1.45. The lowest BCUT2D eigenvalue weighted by molar-refractivity contribution is -0.164. The van der Waals surface area contributed by atoms with Gasteiger partial charge in [-0.25, -0.2) is 4.79 Å². The van der Waals surface area contributed by atoms with E-state index in [4.69, 9.17) is 4.74 Å². The van der Waals surface area contributed by atoms with Crippen LogP contribution in [-0.4, -0.2) is 46.7 Å². The average molecular weight is 229 g/mol. The molecule has 1 amide bonds. The molecule has 1 atom stereocenters. The van der Waals surface area contributed by atoms with Gasteiger partial charge >= 0.3 is 5.97 Å². The molecule has 0 saturated carbocycles. The SMILES string of the molecule is COC(C)(C)C(=O)N1CCCC1(C)C(=O)O. The highest BCUT2D eigenvalue weighted by molar-refractivity contribution is 5.91. The second-order valence-corrected chi connectivity index (χ2v) is 4.85. The fraction of sp³-hybridized carbons (Fsp3) is 0.818. The van der Waals surface area contributed by atoms with E-state index in [-0.39, 0.29) is 5.91 Å². The maximum absolute atomic E-state index is 12.2. The molecule has 16 heavy (non-hydrogen) atoms. The summed E-state index contributed by atoms with van der Waals surface area (Å²) < 4.78 is 5.10. The van der Waals surface area contributed by atoms with E-state index >= 15 is 0 Å². The molecule has 0 radical (unpaired) electrons. The van der Waals surface area contributed by atoms with E-state index in [1.165, 1.54) is 12.0 Å². The Kier molecular flexibility index (Phi) is 3.28. The molecule has 1 aliphatic heterocycles. The van der Waals surface area contributed by atoms with E-state index in [0.717, 1.165) is 0 Å². The first kappa shape index (κ1) is 13.0. The molecule has 92 valence electrons. The minimum absolute atomic E-state index is 0.266. The molecule has 1 unspecified atom stereocenters. The average Bonchev–Trinajstić information content (AvgIpc) is 2.60. The molecular formula is C11H19NO4. The van der Waals surface area contributed by atoms with Crippen molar-refractivity contribution in [2.45, 2.75) is 44.8 Å². The molecule has 1 rings (SSSR count). The molecule has 1 heterocycles. The summed E-state index contributed by atoms with van der Waals surface area (Å²) >= 11 is 0. The maximum Gasteiger partial charge on any atom is 0.329 e. The Morgan fingerprint density at radius 2 is 2.00 bits per heavy atom. The molecule has 5 heteroatoms. The van der Waals surface area contributed by atoms with Crippen LogP contribution in [0.3, 0.4) is 0 Å². The number of amides is 1. The Morgan fingerprint density at radius 3 is 2.44 bits per heavy atom. The molecule has 0 aromatic heterocycles. The van der Waals surface area contributed by atoms with Gasteiger partial charge in [-0.15, -0.1) is 0 Å². The second-order valence-electron chi connectivity index (χ2n) is 4.85. The Bertz CT molecular complexity index is 313. The molecule has 0 bridgehead atoms. The summed E-state index contributed by atoms with van der Waals surface area (Å²) in [6.07, 6.45) is 1.21. The van der Waals surface area contributed by atoms with Crippen LogP contribution in [0.25, 0.3) is 0 Å². The van der Waals surface area contributed by atoms with Crippen LogP contribution in [0, 0.1) is 0 Å². The predicted octanol–water partition coefficient (Wildman–Crippen LogP) is 0.877. The highest BCUT2D eigenvalue weighted by Gasteiger charge is 2.49. The van der Waals surface area contributed by atoms with E-state index in [2.05, 4.69) is 0 Å². The number of carboxylic acid groups (broad SMARTS) is 1. The van der Waals surface area contributed by atoms with E-state index in [1.54, 1.807) is 20.8 Å². The number of aliphatic carboxylic acids is 1. The van der Waals surface area contributed by atoms with Crippen molar-refractivity contribution < 1.29 is 19.4 Å². The summed E-state index contributed by atoms with van der Waals surface area (Å²) in [6, 6.07) is 0. The van der Waals surface area contributed by atoms with Crippen molar-refractivity contribution in [3.05, 3.63) is 0 Å². The van der Waals surface area contributed by atoms with Crippen molar-refractivity contribution in [2.24, 2.45) is 0 Å². The van der Waals surface area contributed by atoms with Crippen molar-refractivity contribution in [3.8, 4) is 0 Å². The first-order valence-corrected chi connectivity index (χ1v) is 5.36. The molecule has 1 aliphatic rings. The quantitative estimate of drug-likeness (QED) is 0.780. The minimum atomic E-state index is -1.09. The Labute approximate surface area is 95.4 Å². The Balaban J connectivity index is 2.97. The Hall–Kier alpha value is -1.10. The van der Waals surface area contributed by atoms with Crippen LogP contribution in [0.1, 0.15) is 33.6 Å². The largest absolute Gasteiger partial charge is 0.480 e. The molecular weight excluding hydrogens is 210 g/mol. The minimum Gasteiger partial charge on any atom is -0.480 e. The zero-order valence-corrected chi connectivity index (χ0v) is 10.2. The van der Waals surface area contributed by atoms with Gasteiger partial charge in [-0.2, -0.15) is 0 Å². The zero-order valence-electron chi connectivity index (χ0n) is 10.2. The van der Waals surface area contributed by atoms with Gasteiger partial charge in [0.1, 0.15) is 11.1 Å². The number of methoxy groups -OCH3 is 1. The molecule has 0 aromatic carbocycles. The number of carbonyl (C=O) groups is 2. The van der Waals surface area contributed by atoms with Gasteiger partial charge in [0.15, 0.2) is 0 Å². The maximum atomic E-state index is 12.2. The molecule has 1 saturated heterocycles. The lowest BCUT2D eigenvalue weighted by Gasteiger charge is -2.36. The van der Waals surface area contributed by atoms with Crippen molar-refractivity contribution in [3.63, 3.8) is 0 Å². The number of carboxylic acids is 1. The van der Waals surface area contributed by atoms with Gasteiger partial charge < -0.3 is 14.7 Å². The van der Waals surface area contributed by atoms with Gasteiger partial charge in [-0.1, -0.05) is 0 Å². The number of ether oxygens (including phenoxy) is 1. The normalized spacial score (nSPS) is 25.9. The van der Waals surface area contributed by atoms with Gasteiger partial charge in [0, 0.05) is 13.7 Å². The lowest BCUT2D eigenvalue weighted by Crippen LogP contribution is -2.56. The third-order valence-electron chi connectivity index (χ3n) is 3.37. The summed E-state index contributed by atoms with van der Waals surface area (Å²) in [5.41, 5.74) is -2.06. The fourth-order valence-electron chi connectivity index (χ4n) is 1.92. The Morgan fingerprint density at radius 1 is 1.44 bits per heavy atom. The number of hydrogen-bond donors (Lipinski definition) is 1. The zero-order chi connectivity index (χ0) is 12.6. The van der Waals surface area contributed by atoms with Gasteiger partial charge in [-0.05, 0) is 33.6 Å². The third kappa shape index (κ3) is 1.91. The fourth-order valence-corrected chi connectivity index (χ4v) is 1.92. The summed E-state index contributed by atoms with van der Waals surface area (Å²) in [6.45, 7) is 5.37.